The Morgan fingerprint density at radius 2 is 0.429 bits per heavy atom. The van der Waals surface area contributed by atoms with Crippen molar-refractivity contribution in [1.82, 2.24) is 0 Å². The van der Waals surface area contributed by atoms with Crippen molar-refractivity contribution in [2.45, 2.75) is 207 Å². The maximum atomic E-state index is 8.49. The van der Waals surface area contributed by atoms with Gasteiger partial charge in [-0.1, -0.05) is 156 Å². The summed E-state index contributed by atoms with van der Waals surface area (Å²) in [4.78, 5) is 0. The van der Waals surface area contributed by atoms with Crippen molar-refractivity contribution in [3.63, 3.8) is 0 Å². The molecule has 0 aromatic carbocycles. The zero-order valence-electron chi connectivity index (χ0n) is 29.1. The van der Waals surface area contributed by atoms with Gasteiger partial charge in [0, 0.05) is 0 Å². The van der Waals surface area contributed by atoms with Crippen LogP contribution in [0.15, 0.2) is 0 Å². The van der Waals surface area contributed by atoms with E-state index in [4.69, 9.17) is 18.6 Å². The Morgan fingerprint density at radius 3 is 0.595 bits per heavy atom. The van der Waals surface area contributed by atoms with E-state index in [0.29, 0.717) is 0 Å². The van der Waals surface area contributed by atoms with Crippen LogP contribution in [0.3, 0.4) is 0 Å². The summed E-state index contributed by atoms with van der Waals surface area (Å²) in [6, 6.07) is 0. The molecule has 42 heavy (non-hydrogen) atoms. The molecule has 0 rings (SSSR count). The molecular weight excluding hydrogens is 546 g/mol. The molecule has 0 fully saturated rings. The van der Waals surface area contributed by atoms with Crippen molar-refractivity contribution in [1.29, 1.82) is 0 Å². The summed E-state index contributed by atoms with van der Waals surface area (Å²) in [5.74, 6) is 0. The van der Waals surface area contributed by atoms with Gasteiger partial charge in [0.25, 0.3) is 0 Å². The van der Waals surface area contributed by atoms with E-state index in [1.54, 1.807) is 0 Å². The Morgan fingerprint density at radius 1 is 0.286 bits per heavy atom. The van der Waals surface area contributed by atoms with E-state index >= 15 is 0 Å². The zero-order valence-corrected chi connectivity index (χ0v) is 29.8. The highest BCUT2D eigenvalue weighted by atomic mass is 35.7. The van der Waals surface area contributed by atoms with E-state index < -0.39 is 10.2 Å². The second-order valence-electron chi connectivity index (χ2n) is 13.1. The molecule has 0 aliphatic rings. The van der Waals surface area contributed by atoms with Crippen molar-refractivity contribution in [2.75, 3.05) is 26.2 Å². The average Bonchev–Trinajstić information content (AvgIpc) is 2.94. The van der Waals surface area contributed by atoms with Crippen LogP contribution in [-0.4, -0.2) is 30.7 Å². The first kappa shape index (κ1) is 44.2. The molecule has 5 nitrogen and oxygen atoms in total. The molecule has 0 bridgehead atoms. The van der Waals surface area contributed by atoms with E-state index in [1.165, 1.54) is 210 Å². The van der Waals surface area contributed by atoms with Gasteiger partial charge in [-0.25, -0.2) is 18.6 Å². The normalized spacial score (nSPS) is 12.0. The summed E-state index contributed by atoms with van der Waals surface area (Å²) in [7, 11) is -4.94. The molecule has 0 amide bonds. The molecule has 0 aromatic heterocycles. The first-order valence-corrected chi connectivity index (χ1v) is 19.9. The molecule has 0 radical (unpaired) electrons. The molecule has 0 aromatic rings. The summed E-state index contributed by atoms with van der Waals surface area (Å²) in [5.41, 5.74) is 0. The maximum absolute atomic E-state index is 8.49. The van der Waals surface area contributed by atoms with Crippen LogP contribution in [0.1, 0.15) is 207 Å². The van der Waals surface area contributed by atoms with Crippen molar-refractivity contribution < 1.29 is 33.4 Å². The van der Waals surface area contributed by atoms with Gasteiger partial charge in [0.2, 0.25) is 0 Å². The third kappa shape index (κ3) is 38.1. The van der Waals surface area contributed by atoms with Gasteiger partial charge in [-0.3, -0.25) is 0 Å². The second kappa shape index (κ2) is 34.0. The van der Waals surface area contributed by atoms with Gasteiger partial charge in [-0.05, 0) is 51.4 Å². The molecule has 0 N–H and O–H groups in total. The Bertz CT molecular complexity index is 454. The minimum absolute atomic E-state index is 1.37. The number of quaternary nitrogens is 1. The van der Waals surface area contributed by atoms with Crippen LogP contribution >= 0.6 is 0 Å². The van der Waals surface area contributed by atoms with Gasteiger partial charge in [0.1, 0.15) is 0 Å². The number of rotatable bonds is 32. The highest BCUT2D eigenvalue weighted by Crippen LogP contribution is 2.21. The molecule has 0 heterocycles. The summed E-state index contributed by atoms with van der Waals surface area (Å²) in [6.07, 6.45) is 40.7. The summed E-state index contributed by atoms with van der Waals surface area (Å²) < 4.78 is 35.5. The fourth-order valence-electron chi connectivity index (χ4n) is 6.29. The van der Waals surface area contributed by atoms with Crippen LogP contribution in [0.2, 0.25) is 0 Å². The average molecular weight is 622 g/mol. The molecule has 0 atom stereocenters. The number of hydrogen-bond acceptors (Lipinski definition) is 4. The maximum Gasteiger partial charge on any atom is 0.0786 e. The Hall–Kier alpha value is 0.0900. The Kier molecular flexibility index (Phi) is 35.8. The lowest BCUT2D eigenvalue weighted by atomic mass is 10.0. The number of hydrogen-bond donors (Lipinski definition) is 0. The van der Waals surface area contributed by atoms with E-state index in [9.17, 15) is 0 Å². The van der Waals surface area contributed by atoms with Gasteiger partial charge in [-0.15, -0.1) is 10.2 Å². The lowest BCUT2D eigenvalue weighted by molar-refractivity contribution is -2.00. The second-order valence-corrected chi connectivity index (χ2v) is 13.9. The highest BCUT2D eigenvalue weighted by Gasteiger charge is 2.25. The van der Waals surface area contributed by atoms with E-state index in [0.717, 1.165) is 0 Å². The van der Waals surface area contributed by atoms with Gasteiger partial charge < -0.3 is 4.48 Å². The summed E-state index contributed by atoms with van der Waals surface area (Å²) >= 11 is 0. The monoisotopic (exact) mass is 622 g/mol. The van der Waals surface area contributed by atoms with Crippen molar-refractivity contribution >= 4 is 0 Å². The SMILES string of the molecule is CCCCCCCCCCCC[N+](CCCCCCCC)(CCCCCCCC)CCCCCCCC.[O-][Cl+3]([O-])([O-])[O-]. The third-order valence-electron chi connectivity index (χ3n) is 8.94. The number of halogens is 1. The highest BCUT2D eigenvalue weighted by molar-refractivity contribution is 4.55. The van der Waals surface area contributed by atoms with Crippen molar-refractivity contribution in [3.8, 4) is 0 Å². The first-order chi connectivity index (χ1) is 20.2. The lowest BCUT2D eigenvalue weighted by Crippen LogP contribution is -2.68. The smallest absolute Gasteiger partial charge is 0.0786 e. The van der Waals surface area contributed by atoms with Gasteiger partial charge in [0.15, 0.2) is 0 Å². The van der Waals surface area contributed by atoms with E-state index in [1.807, 2.05) is 0 Å². The molecule has 6 heteroatoms. The van der Waals surface area contributed by atoms with Crippen LogP contribution < -0.4 is 18.6 Å². The first-order valence-electron chi connectivity index (χ1n) is 18.7. The molecule has 256 valence electrons. The number of nitrogens with zero attached hydrogens (tertiary/aromatic N) is 1. The van der Waals surface area contributed by atoms with Gasteiger partial charge in [0.05, 0.1) is 26.2 Å². The quantitative estimate of drug-likeness (QED) is 0.0561. The van der Waals surface area contributed by atoms with Gasteiger partial charge >= 0.3 is 0 Å². The minimum Gasteiger partial charge on any atom is -0.324 e. The topological polar surface area (TPSA) is 92.2 Å². The number of unbranched alkanes of at least 4 members (excludes halogenated alkanes) is 24. The fraction of sp³-hybridized carbons (Fsp3) is 1.00. The predicted octanol–water partition coefficient (Wildman–Crippen LogP) is 8.05. The van der Waals surface area contributed by atoms with Crippen LogP contribution in [0.5, 0.6) is 0 Å². The molecule has 0 unspecified atom stereocenters. The summed E-state index contributed by atoms with van der Waals surface area (Å²) in [5, 5.41) is 0. The Balaban J connectivity index is 0. The lowest BCUT2D eigenvalue weighted by Gasteiger charge is -2.40. The zero-order chi connectivity index (χ0) is 31.6. The van der Waals surface area contributed by atoms with Crippen LogP contribution in [0, 0.1) is 10.2 Å². The fourth-order valence-corrected chi connectivity index (χ4v) is 6.29. The van der Waals surface area contributed by atoms with E-state index in [-0.39, 0.29) is 0 Å². The standard InChI is InChI=1S/C36H76N.ClHO4/c1-5-9-13-17-21-22-23-24-28-32-36-37(33-29-25-18-14-10-6-2,34-30-26-19-15-11-7-3)35-31-27-20-16-12-8-4;2-1(3,4)5/h5-36H2,1-4H3;(H,2,3,4,5)/q+1;/p-1. The molecule has 0 saturated carbocycles. The molecular formula is C36H76ClNO4. The largest absolute Gasteiger partial charge is 0.324 e. The Labute approximate surface area is 266 Å². The van der Waals surface area contributed by atoms with Crippen molar-refractivity contribution in [2.24, 2.45) is 0 Å². The molecule has 0 saturated heterocycles. The van der Waals surface area contributed by atoms with Crippen LogP contribution in [-0.2, 0) is 0 Å². The summed E-state index contributed by atoms with van der Waals surface area (Å²) in [6.45, 7) is 15.3. The molecule has 0 aliphatic heterocycles. The van der Waals surface area contributed by atoms with E-state index in [2.05, 4.69) is 27.7 Å². The molecule has 0 spiro atoms. The van der Waals surface area contributed by atoms with Crippen LogP contribution in [0.25, 0.3) is 0 Å². The van der Waals surface area contributed by atoms with Crippen molar-refractivity contribution in [3.05, 3.63) is 0 Å². The van der Waals surface area contributed by atoms with Crippen LogP contribution in [0.4, 0.5) is 0 Å². The minimum atomic E-state index is -4.94. The predicted molar refractivity (Wildman–Crippen MR) is 172 cm³/mol. The van der Waals surface area contributed by atoms with Gasteiger partial charge in [-0.2, -0.15) is 0 Å². The molecule has 0 aliphatic carbocycles. The third-order valence-corrected chi connectivity index (χ3v) is 8.94.